The van der Waals surface area contributed by atoms with E-state index >= 15 is 0 Å². The van der Waals surface area contributed by atoms with Crippen LogP contribution in [0.25, 0.3) is 0 Å². The van der Waals surface area contributed by atoms with Crippen molar-refractivity contribution in [1.82, 2.24) is 5.32 Å². The van der Waals surface area contributed by atoms with Crippen LogP contribution in [0.1, 0.15) is 27.2 Å². The number of nitrogens with one attached hydrogen (secondary N) is 1. The van der Waals surface area contributed by atoms with E-state index in [1.807, 2.05) is 0 Å². The first-order chi connectivity index (χ1) is 10.1. The molecule has 0 saturated carbocycles. The minimum absolute atomic E-state index is 0.107. The standard InChI is InChI=1S/C15H21NO5S/c1-5-12(15(4)7-8-22(19,20)10-15)9-13(16-11(3)17)14(18)21-6-2/h1,7-8,12-13H,6,9-10H2,2-4H3,(H,16,17)/t12-,13-,15-/m0/s1. The van der Waals surface area contributed by atoms with Gasteiger partial charge in [-0.2, -0.15) is 0 Å². The highest BCUT2D eigenvalue weighted by atomic mass is 32.2. The number of allylic oxidation sites excluding steroid dienone is 1. The first-order valence-electron chi connectivity index (χ1n) is 6.95. The van der Waals surface area contributed by atoms with Crippen LogP contribution in [0.2, 0.25) is 0 Å². The Hall–Kier alpha value is -1.81. The number of esters is 1. The second-order valence-electron chi connectivity index (χ2n) is 5.58. The molecule has 0 unspecified atom stereocenters. The van der Waals surface area contributed by atoms with Crippen LogP contribution >= 0.6 is 0 Å². The van der Waals surface area contributed by atoms with Crippen LogP contribution in [0.5, 0.6) is 0 Å². The molecule has 0 aromatic rings. The molecule has 0 fully saturated rings. The number of hydrogen-bond acceptors (Lipinski definition) is 5. The van der Waals surface area contributed by atoms with Gasteiger partial charge >= 0.3 is 5.97 Å². The molecule has 0 bridgehead atoms. The third-order valence-electron chi connectivity index (χ3n) is 3.59. The average Bonchev–Trinajstić information content (AvgIpc) is 2.69. The Morgan fingerprint density at radius 1 is 1.50 bits per heavy atom. The van der Waals surface area contributed by atoms with Crippen molar-refractivity contribution < 1.29 is 22.7 Å². The molecule has 0 spiro atoms. The molecule has 3 atom stereocenters. The summed E-state index contributed by atoms with van der Waals surface area (Å²) in [5.74, 6) is 0.957. The molecule has 1 N–H and O–H groups in total. The van der Waals surface area contributed by atoms with E-state index in [2.05, 4.69) is 11.2 Å². The smallest absolute Gasteiger partial charge is 0.328 e. The lowest BCUT2D eigenvalue weighted by atomic mass is 9.76. The van der Waals surface area contributed by atoms with Crippen molar-refractivity contribution in [2.24, 2.45) is 11.3 Å². The van der Waals surface area contributed by atoms with Gasteiger partial charge in [0, 0.05) is 23.7 Å². The van der Waals surface area contributed by atoms with Crippen LogP contribution < -0.4 is 5.32 Å². The van der Waals surface area contributed by atoms with Gasteiger partial charge in [0.1, 0.15) is 6.04 Å². The summed E-state index contributed by atoms with van der Waals surface area (Å²) in [6, 6.07) is -0.896. The molecule has 0 aromatic heterocycles. The van der Waals surface area contributed by atoms with E-state index in [4.69, 9.17) is 11.2 Å². The van der Waals surface area contributed by atoms with Crippen molar-refractivity contribution in [3.63, 3.8) is 0 Å². The molecule has 7 heteroatoms. The van der Waals surface area contributed by atoms with Gasteiger partial charge in [0.2, 0.25) is 5.91 Å². The first kappa shape index (κ1) is 18.2. The van der Waals surface area contributed by atoms with Gasteiger partial charge in [-0.25, -0.2) is 13.2 Å². The fourth-order valence-electron chi connectivity index (χ4n) is 2.47. The number of rotatable bonds is 6. The Balaban J connectivity index is 2.94. The highest BCUT2D eigenvalue weighted by Crippen LogP contribution is 2.38. The van der Waals surface area contributed by atoms with Gasteiger partial charge in [-0.15, -0.1) is 12.3 Å². The van der Waals surface area contributed by atoms with Gasteiger partial charge in [0.05, 0.1) is 12.4 Å². The number of carbonyl (C=O) groups excluding carboxylic acids is 2. The summed E-state index contributed by atoms with van der Waals surface area (Å²) < 4.78 is 28.2. The second-order valence-corrected chi connectivity index (χ2v) is 7.46. The summed E-state index contributed by atoms with van der Waals surface area (Å²) in [5, 5.41) is 3.66. The number of carbonyl (C=O) groups is 2. The molecule has 22 heavy (non-hydrogen) atoms. The number of sulfone groups is 1. The number of amides is 1. The van der Waals surface area contributed by atoms with E-state index in [9.17, 15) is 18.0 Å². The van der Waals surface area contributed by atoms with E-state index in [0.29, 0.717) is 0 Å². The zero-order valence-electron chi connectivity index (χ0n) is 13.0. The highest BCUT2D eigenvalue weighted by Gasteiger charge is 2.41. The largest absolute Gasteiger partial charge is 0.464 e. The van der Waals surface area contributed by atoms with E-state index < -0.39 is 33.2 Å². The Labute approximate surface area is 131 Å². The van der Waals surface area contributed by atoms with Gasteiger partial charge in [0.25, 0.3) is 0 Å². The minimum Gasteiger partial charge on any atom is -0.464 e. The molecule has 1 rings (SSSR count). The van der Waals surface area contributed by atoms with Crippen molar-refractivity contribution >= 4 is 21.7 Å². The van der Waals surface area contributed by atoms with E-state index in [0.717, 1.165) is 5.41 Å². The van der Waals surface area contributed by atoms with E-state index in [-0.39, 0.29) is 24.7 Å². The molecule has 0 aromatic carbocycles. The fraction of sp³-hybridized carbons (Fsp3) is 0.600. The Bertz CT molecular complexity index is 616. The maximum absolute atomic E-state index is 11.9. The monoisotopic (exact) mass is 327 g/mol. The molecule has 1 heterocycles. The lowest BCUT2D eigenvalue weighted by Crippen LogP contribution is -2.44. The lowest BCUT2D eigenvalue weighted by Gasteiger charge is -2.30. The summed E-state index contributed by atoms with van der Waals surface area (Å²) in [5.41, 5.74) is -0.767. The van der Waals surface area contributed by atoms with Crippen molar-refractivity contribution in [3.05, 3.63) is 11.5 Å². The van der Waals surface area contributed by atoms with Crippen LogP contribution in [-0.2, 0) is 24.2 Å². The zero-order chi connectivity index (χ0) is 17.0. The summed E-state index contributed by atoms with van der Waals surface area (Å²) >= 11 is 0. The molecule has 1 aliphatic rings. The molecule has 0 aliphatic carbocycles. The van der Waals surface area contributed by atoms with Gasteiger partial charge in [-0.05, 0) is 13.3 Å². The van der Waals surface area contributed by atoms with Crippen molar-refractivity contribution in [2.45, 2.75) is 33.2 Å². The van der Waals surface area contributed by atoms with Crippen LogP contribution in [0.4, 0.5) is 0 Å². The van der Waals surface area contributed by atoms with E-state index in [1.54, 1.807) is 19.9 Å². The van der Waals surface area contributed by atoms with Gasteiger partial charge in [-0.3, -0.25) is 4.79 Å². The van der Waals surface area contributed by atoms with Gasteiger partial charge < -0.3 is 10.1 Å². The maximum atomic E-state index is 11.9. The maximum Gasteiger partial charge on any atom is 0.328 e. The number of terminal acetylenes is 1. The van der Waals surface area contributed by atoms with E-state index in [1.165, 1.54) is 6.92 Å². The van der Waals surface area contributed by atoms with Gasteiger partial charge in [-0.1, -0.05) is 13.0 Å². The van der Waals surface area contributed by atoms with Crippen LogP contribution in [0.3, 0.4) is 0 Å². The Morgan fingerprint density at radius 2 is 2.14 bits per heavy atom. The third-order valence-corrected chi connectivity index (χ3v) is 5.16. The Kier molecular flexibility index (Phi) is 5.78. The molecule has 0 radical (unpaired) electrons. The third kappa shape index (κ3) is 4.60. The molecule has 1 aliphatic heterocycles. The summed E-state index contributed by atoms with van der Waals surface area (Å²) in [6.07, 6.45) is 7.21. The minimum atomic E-state index is -3.28. The van der Waals surface area contributed by atoms with Crippen molar-refractivity contribution in [3.8, 4) is 12.3 Å². The molecule has 0 saturated heterocycles. The SMILES string of the molecule is C#C[C@@H](C[C@H](NC(C)=O)C(=O)OCC)[C@@]1(C)C=CS(=O)(=O)C1. The normalized spacial score (nSPS) is 25.0. The van der Waals surface area contributed by atoms with Crippen molar-refractivity contribution in [1.29, 1.82) is 0 Å². The number of ether oxygens (including phenoxy) is 1. The van der Waals surface area contributed by atoms with Gasteiger partial charge in [0.15, 0.2) is 9.84 Å². The first-order valence-corrected chi connectivity index (χ1v) is 8.67. The molecule has 6 nitrogen and oxygen atoms in total. The number of hydrogen-bond donors (Lipinski definition) is 1. The highest BCUT2D eigenvalue weighted by molar-refractivity contribution is 7.94. The quantitative estimate of drug-likeness (QED) is 0.571. The lowest BCUT2D eigenvalue weighted by molar-refractivity contribution is -0.147. The Morgan fingerprint density at radius 3 is 2.55 bits per heavy atom. The fourth-order valence-corrected chi connectivity index (χ4v) is 4.25. The zero-order valence-corrected chi connectivity index (χ0v) is 13.8. The molecule has 1 amide bonds. The predicted octanol–water partition coefficient (Wildman–Crippen LogP) is 0.642. The summed E-state index contributed by atoms with van der Waals surface area (Å²) in [4.78, 5) is 23.2. The van der Waals surface area contributed by atoms with Crippen molar-refractivity contribution in [2.75, 3.05) is 12.4 Å². The average molecular weight is 327 g/mol. The molecule has 122 valence electrons. The topological polar surface area (TPSA) is 89.5 Å². The molecular weight excluding hydrogens is 306 g/mol. The van der Waals surface area contributed by atoms with Crippen LogP contribution in [0, 0.1) is 23.7 Å². The second kappa shape index (κ2) is 6.97. The predicted molar refractivity (Wildman–Crippen MR) is 82.2 cm³/mol. The van der Waals surface area contributed by atoms with Crippen LogP contribution in [-0.4, -0.2) is 38.7 Å². The van der Waals surface area contributed by atoms with Crippen LogP contribution in [0.15, 0.2) is 11.5 Å². The summed E-state index contributed by atoms with van der Waals surface area (Å²) in [7, 11) is -3.28. The summed E-state index contributed by atoms with van der Waals surface area (Å²) in [6.45, 7) is 4.86. The molecular formula is C15H21NO5S.